The molecular weight excluding hydrogens is 812 g/mol. The van der Waals surface area contributed by atoms with E-state index in [1.807, 2.05) is 57.2 Å². The van der Waals surface area contributed by atoms with Crippen LogP contribution in [0, 0.1) is 12.3 Å². The second kappa shape index (κ2) is 17.5. The van der Waals surface area contributed by atoms with Crippen LogP contribution in [0.3, 0.4) is 0 Å². The molecule has 2 aromatic heterocycles. The second-order valence-electron chi connectivity index (χ2n) is 17.9. The van der Waals surface area contributed by atoms with Crippen molar-refractivity contribution in [3.8, 4) is 11.5 Å². The minimum Gasteiger partial charge on any atom is -0.455 e. The number of pyridine rings is 1. The number of nitrogens with zero attached hydrogens (tertiary/aromatic N) is 3. The number of aromatic nitrogens is 2. The van der Waals surface area contributed by atoms with Crippen molar-refractivity contribution in [2.24, 2.45) is 5.41 Å². The molecule has 3 aliphatic rings. The maximum Gasteiger partial charge on any atom is 0.268 e. The highest BCUT2D eigenvalue weighted by atomic mass is 35.5. The van der Waals surface area contributed by atoms with Gasteiger partial charge in [-0.2, -0.15) is 0 Å². The highest BCUT2D eigenvalue weighted by Gasteiger charge is 2.31. The third-order valence-electron chi connectivity index (χ3n) is 11.8. The average molecular weight is 868 g/mol. The fourth-order valence-corrected chi connectivity index (χ4v) is 9.67. The Labute approximate surface area is 363 Å². The van der Waals surface area contributed by atoms with Crippen LogP contribution in [0.2, 0.25) is 5.02 Å². The van der Waals surface area contributed by atoms with E-state index in [-0.39, 0.29) is 33.3 Å². The number of aryl methyl sites for hydroxylation is 1. The lowest BCUT2D eigenvalue weighted by atomic mass is 9.72. The molecule has 1 aliphatic carbocycles. The van der Waals surface area contributed by atoms with Crippen molar-refractivity contribution < 1.29 is 27.4 Å². The number of ether oxygens (including phenoxy) is 3. The van der Waals surface area contributed by atoms with Crippen molar-refractivity contribution >= 4 is 55.5 Å². The summed E-state index contributed by atoms with van der Waals surface area (Å²) in [5.41, 5.74) is 7.17. The number of hydrogen-bond donors (Lipinski definition) is 3. The Kier molecular flexibility index (Phi) is 12.2. The maximum atomic E-state index is 13.9. The van der Waals surface area contributed by atoms with Crippen LogP contribution in [-0.2, 0) is 19.5 Å². The second-order valence-corrected chi connectivity index (χ2v) is 20.0. The van der Waals surface area contributed by atoms with Gasteiger partial charge in [-0.1, -0.05) is 43.2 Å². The Bertz CT molecular complexity index is 2550. The molecule has 1 amide bonds. The van der Waals surface area contributed by atoms with Gasteiger partial charge in [0.25, 0.3) is 15.9 Å². The standard InChI is InChI=1S/C47H55ClN6O6S/c1-31-22-39(11-13-42(31)50-27-38-29-58-30-47(4,5)60-38)61(56,57)52-45(55)40-12-10-36(24-43(40)59-37-23-33-15-17-49-44(33)51-26-37)54-20-18-53(19-21-54)28-34-14-16-46(2,3)25-41(34)32-6-8-35(48)9-7-32/h6-13,15,17,22-24,26,38,50H,14,16,18-21,25,27-30H2,1-5H3,(H,49,51)(H,52,55)/t38-/m0/s1. The molecule has 322 valence electrons. The van der Waals surface area contributed by atoms with Crippen molar-refractivity contribution in [2.75, 3.05) is 62.7 Å². The quantitative estimate of drug-likeness (QED) is 0.112. The molecule has 0 spiro atoms. The summed E-state index contributed by atoms with van der Waals surface area (Å²) in [6, 6.07) is 22.0. The minimum absolute atomic E-state index is 0.0330. The molecule has 5 aromatic rings. The molecule has 1 atom stereocenters. The zero-order valence-corrected chi connectivity index (χ0v) is 37.1. The summed E-state index contributed by atoms with van der Waals surface area (Å²) in [5.74, 6) is -0.169. The summed E-state index contributed by atoms with van der Waals surface area (Å²) < 4.78 is 47.9. The first-order valence-electron chi connectivity index (χ1n) is 21.0. The number of hydrogen-bond acceptors (Lipinski definition) is 10. The van der Waals surface area contributed by atoms with Crippen LogP contribution in [0.4, 0.5) is 11.4 Å². The third kappa shape index (κ3) is 10.2. The van der Waals surface area contributed by atoms with Gasteiger partial charge >= 0.3 is 0 Å². The zero-order chi connectivity index (χ0) is 42.9. The van der Waals surface area contributed by atoms with Gasteiger partial charge in [0.15, 0.2) is 0 Å². The summed E-state index contributed by atoms with van der Waals surface area (Å²) in [5, 5.41) is 4.93. The smallest absolute Gasteiger partial charge is 0.268 e. The number of piperazine rings is 1. The van der Waals surface area contributed by atoms with E-state index < -0.39 is 15.9 Å². The number of fused-ring (bicyclic) bond motifs is 1. The predicted octanol–water partition coefficient (Wildman–Crippen LogP) is 8.83. The van der Waals surface area contributed by atoms with Gasteiger partial charge in [-0.05, 0) is 117 Å². The Balaban J connectivity index is 0.979. The lowest BCUT2D eigenvalue weighted by molar-refractivity contribution is -0.177. The molecule has 3 N–H and O–H groups in total. The first-order chi connectivity index (χ1) is 29.1. The Morgan fingerprint density at radius 2 is 1.79 bits per heavy atom. The predicted molar refractivity (Wildman–Crippen MR) is 241 cm³/mol. The SMILES string of the molecule is Cc1cc(S(=O)(=O)NC(=O)c2ccc(N3CCN(CC4=C(c5ccc(Cl)cc5)CC(C)(C)CC4)CC3)cc2Oc2cnc3[nH]ccc3c2)ccc1NC[C@H]1COCC(C)(C)O1. The molecule has 2 aliphatic heterocycles. The number of carbonyl (C=O) groups is 1. The number of nitrogens with one attached hydrogen (secondary N) is 3. The monoisotopic (exact) mass is 866 g/mol. The fourth-order valence-electron chi connectivity index (χ4n) is 8.50. The van der Waals surface area contributed by atoms with Crippen molar-refractivity contribution in [1.82, 2.24) is 19.6 Å². The summed E-state index contributed by atoms with van der Waals surface area (Å²) in [6.45, 7) is 16.2. The van der Waals surface area contributed by atoms with E-state index in [4.69, 9.17) is 25.8 Å². The zero-order valence-electron chi connectivity index (χ0n) is 35.5. The van der Waals surface area contributed by atoms with Gasteiger partial charge < -0.3 is 29.4 Å². The number of aromatic amines is 1. The molecule has 0 unspecified atom stereocenters. The van der Waals surface area contributed by atoms with Crippen LogP contribution < -0.4 is 19.7 Å². The number of benzene rings is 3. The molecule has 8 rings (SSSR count). The normalized spacial score (nSPS) is 19.5. The van der Waals surface area contributed by atoms with Crippen LogP contribution in [0.5, 0.6) is 11.5 Å². The Hall–Kier alpha value is -4.92. The van der Waals surface area contributed by atoms with E-state index in [0.717, 1.165) is 73.8 Å². The van der Waals surface area contributed by atoms with Crippen LogP contribution in [0.1, 0.15) is 68.4 Å². The highest BCUT2D eigenvalue weighted by Crippen LogP contribution is 2.43. The lowest BCUT2D eigenvalue weighted by Gasteiger charge is -2.39. The molecule has 0 radical (unpaired) electrons. The van der Waals surface area contributed by atoms with Crippen molar-refractivity contribution in [3.63, 3.8) is 0 Å². The molecule has 3 aromatic carbocycles. The van der Waals surface area contributed by atoms with Gasteiger partial charge in [0.2, 0.25) is 0 Å². The van der Waals surface area contributed by atoms with Gasteiger partial charge in [-0.3, -0.25) is 9.69 Å². The first-order valence-corrected chi connectivity index (χ1v) is 22.8. The van der Waals surface area contributed by atoms with Crippen molar-refractivity contribution in [2.45, 2.75) is 70.5 Å². The van der Waals surface area contributed by atoms with E-state index in [0.29, 0.717) is 36.7 Å². The third-order valence-corrected chi connectivity index (χ3v) is 13.4. The van der Waals surface area contributed by atoms with Crippen LogP contribution in [-0.4, -0.2) is 93.4 Å². The molecule has 0 bridgehead atoms. The lowest BCUT2D eigenvalue weighted by Crippen LogP contribution is -2.47. The number of allylic oxidation sites excluding steroid dienone is 1. The van der Waals surface area contributed by atoms with Gasteiger partial charge in [0.05, 0.1) is 41.6 Å². The van der Waals surface area contributed by atoms with Gasteiger partial charge in [-0.15, -0.1) is 0 Å². The molecule has 2 saturated heterocycles. The molecule has 4 heterocycles. The maximum absolute atomic E-state index is 13.9. The largest absolute Gasteiger partial charge is 0.455 e. The minimum atomic E-state index is -4.26. The number of carbonyl (C=O) groups excluding carboxylic acids is 1. The number of H-pyrrole nitrogens is 1. The van der Waals surface area contributed by atoms with Gasteiger partial charge in [0, 0.05) is 73.3 Å². The van der Waals surface area contributed by atoms with Gasteiger partial charge in [-0.25, -0.2) is 18.1 Å². The molecular formula is C47H55ClN6O6S. The van der Waals surface area contributed by atoms with E-state index in [2.05, 4.69) is 55.8 Å². The number of halogens is 1. The Morgan fingerprint density at radius 1 is 1.00 bits per heavy atom. The number of sulfonamides is 1. The molecule has 14 heteroatoms. The van der Waals surface area contributed by atoms with Crippen molar-refractivity contribution in [3.05, 3.63) is 112 Å². The van der Waals surface area contributed by atoms with E-state index in [1.54, 1.807) is 30.6 Å². The topological polar surface area (TPSA) is 138 Å². The average Bonchev–Trinajstić information content (AvgIpc) is 3.69. The number of rotatable bonds is 12. The summed E-state index contributed by atoms with van der Waals surface area (Å²) in [4.78, 5) is 26.2. The molecule has 12 nitrogen and oxygen atoms in total. The molecule has 61 heavy (non-hydrogen) atoms. The summed E-state index contributed by atoms with van der Waals surface area (Å²) >= 11 is 6.25. The summed E-state index contributed by atoms with van der Waals surface area (Å²) in [6.07, 6.45) is 6.49. The van der Waals surface area contributed by atoms with Crippen LogP contribution in [0.25, 0.3) is 16.6 Å². The first kappa shape index (κ1) is 42.8. The highest BCUT2D eigenvalue weighted by molar-refractivity contribution is 7.90. The summed E-state index contributed by atoms with van der Waals surface area (Å²) in [7, 11) is -4.26. The Morgan fingerprint density at radius 3 is 2.54 bits per heavy atom. The number of anilines is 2. The van der Waals surface area contributed by atoms with Gasteiger partial charge in [0.1, 0.15) is 17.1 Å². The molecule has 2 fully saturated rings. The van der Waals surface area contributed by atoms with Crippen LogP contribution in [0.15, 0.2) is 95.7 Å². The number of amides is 1. The van der Waals surface area contributed by atoms with E-state index in [1.165, 1.54) is 22.8 Å². The van der Waals surface area contributed by atoms with E-state index >= 15 is 0 Å². The van der Waals surface area contributed by atoms with Crippen molar-refractivity contribution in [1.29, 1.82) is 0 Å². The van der Waals surface area contributed by atoms with E-state index in [9.17, 15) is 13.2 Å². The van der Waals surface area contributed by atoms with Crippen LogP contribution >= 0.6 is 11.6 Å². The molecule has 0 saturated carbocycles. The fraction of sp³-hybridized carbons (Fsp3) is 0.404.